The Balaban J connectivity index is 1.62. The van der Waals surface area contributed by atoms with Crippen LogP contribution in [0.3, 0.4) is 0 Å². The summed E-state index contributed by atoms with van der Waals surface area (Å²) in [6.45, 7) is 2.63. The van der Waals surface area contributed by atoms with Crippen LogP contribution in [0, 0.1) is 6.92 Å². The van der Waals surface area contributed by atoms with Gasteiger partial charge in [-0.1, -0.05) is 16.4 Å². The fraction of sp³-hybridized carbons (Fsp3) is 0.467. The van der Waals surface area contributed by atoms with Crippen molar-refractivity contribution in [3.8, 4) is 5.75 Å². The summed E-state index contributed by atoms with van der Waals surface area (Å²) in [5.41, 5.74) is 4.57. The van der Waals surface area contributed by atoms with Gasteiger partial charge >= 0.3 is 0 Å². The lowest BCUT2D eigenvalue weighted by molar-refractivity contribution is 0.299. The highest BCUT2D eigenvalue weighted by molar-refractivity contribution is 5.37. The van der Waals surface area contributed by atoms with Gasteiger partial charge in [-0.3, -0.25) is 0 Å². The lowest BCUT2D eigenvalue weighted by Gasteiger charge is -2.25. The number of aromatic nitrogens is 2. The van der Waals surface area contributed by atoms with Gasteiger partial charge in [0.05, 0.1) is 7.11 Å². The zero-order chi connectivity index (χ0) is 13.9. The van der Waals surface area contributed by atoms with Crippen molar-refractivity contribution in [2.45, 2.75) is 38.8 Å². The summed E-state index contributed by atoms with van der Waals surface area (Å²) in [6.07, 6.45) is 3.26. The molecule has 0 unspecified atom stereocenters. The minimum Gasteiger partial charge on any atom is -0.497 e. The number of hydrogen-bond acceptors (Lipinski definition) is 5. The fourth-order valence-electron chi connectivity index (χ4n) is 2.68. The molecule has 0 radical (unpaired) electrons. The van der Waals surface area contributed by atoms with Crippen LogP contribution in [0.4, 0.5) is 0 Å². The molecule has 5 nitrogen and oxygen atoms in total. The number of hydrogen-bond donors (Lipinski definition) is 1. The average molecular weight is 273 g/mol. The Morgan fingerprint density at radius 3 is 3.00 bits per heavy atom. The van der Waals surface area contributed by atoms with E-state index in [1.807, 2.05) is 13.0 Å². The lowest BCUT2D eigenvalue weighted by Crippen LogP contribution is -2.34. The van der Waals surface area contributed by atoms with Crippen LogP contribution in [-0.2, 0) is 19.4 Å². The van der Waals surface area contributed by atoms with Crippen LogP contribution in [0.15, 0.2) is 22.8 Å². The normalized spacial score (nSPS) is 17.8. The van der Waals surface area contributed by atoms with Gasteiger partial charge in [0.1, 0.15) is 17.1 Å². The number of ether oxygens (including phenoxy) is 1. The van der Waals surface area contributed by atoms with Gasteiger partial charge in [0.2, 0.25) is 0 Å². The molecule has 0 bridgehead atoms. The molecule has 0 aliphatic heterocycles. The van der Waals surface area contributed by atoms with Crippen molar-refractivity contribution in [3.05, 3.63) is 40.7 Å². The van der Waals surface area contributed by atoms with Gasteiger partial charge in [0, 0.05) is 12.6 Å². The molecule has 0 amide bonds. The molecule has 1 N–H and O–H groups in total. The van der Waals surface area contributed by atoms with Crippen molar-refractivity contribution in [1.29, 1.82) is 0 Å². The second kappa shape index (κ2) is 5.63. The Morgan fingerprint density at radius 1 is 1.35 bits per heavy atom. The van der Waals surface area contributed by atoms with Gasteiger partial charge in [0.15, 0.2) is 0 Å². The van der Waals surface area contributed by atoms with Crippen molar-refractivity contribution in [2.75, 3.05) is 7.11 Å². The predicted molar refractivity (Wildman–Crippen MR) is 74.7 cm³/mol. The third-order valence-corrected chi connectivity index (χ3v) is 3.95. The molecular weight excluding hydrogens is 254 g/mol. The van der Waals surface area contributed by atoms with Crippen LogP contribution >= 0.6 is 0 Å². The van der Waals surface area contributed by atoms with E-state index in [1.54, 1.807) is 7.11 Å². The molecular formula is C15H19N3O2. The Kier molecular flexibility index (Phi) is 3.69. The van der Waals surface area contributed by atoms with E-state index in [9.17, 15) is 0 Å². The molecule has 0 saturated heterocycles. The Hall–Kier alpha value is -1.88. The highest BCUT2D eigenvalue weighted by Crippen LogP contribution is 2.25. The van der Waals surface area contributed by atoms with Gasteiger partial charge in [-0.2, -0.15) is 0 Å². The Bertz CT molecular complexity index is 595. The number of benzene rings is 1. The monoisotopic (exact) mass is 273 g/mol. The molecule has 1 aromatic carbocycles. The minimum atomic E-state index is 0.479. The van der Waals surface area contributed by atoms with E-state index in [1.165, 1.54) is 11.1 Å². The highest BCUT2D eigenvalue weighted by atomic mass is 16.6. The molecule has 5 heteroatoms. The number of aryl methyl sites for hydroxylation is 2. The summed E-state index contributed by atoms with van der Waals surface area (Å²) >= 11 is 0. The quantitative estimate of drug-likeness (QED) is 0.923. The van der Waals surface area contributed by atoms with Crippen LogP contribution in [0.2, 0.25) is 0 Å². The van der Waals surface area contributed by atoms with E-state index in [0.717, 1.165) is 36.4 Å². The molecule has 1 heterocycles. The minimum absolute atomic E-state index is 0.479. The van der Waals surface area contributed by atoms with Crippen LogP contribution in [0.1, 0.15) is 28.9 Å². The molecule has 1 atom stereocenters. The maximum Gasteiger partial charge on any atom is 0.121 e. The molecule has 0 fully saturated rings. The van der Waals surface area contributed by atoms with Gasteiger partial charge in [-0.15, -0.1) is 0 Å². The van der Waals surface area contributed by atoms with Crippen molar-refractivity contribution in [3.63, 3.8) is 0 Å². The lowest BCUT2D eigenvalue weighted by atomic mass is 9.88. The maximum atomic E-state index is 5.28. The smallest absolute Gasteiger partial charge is 0.121 e. The van der Waals surface area contributed by atoms with Gasteiger partial charge in [0.25, 0.3) is 0 Å². The molecule has 0 spiro atoms. The van der Waals surface area contributed by atoms with Crippen LogP contribution in [-0.4, -0.2) is 23.5 Å². The fourth-order valence-corrected chi connectivity index (χ4v) is 2.68. The zero-order valence-corrected chi connectivity index (χ0v) is 11.8. The van der Waals surface area contributed by atoms with Crippen molar-refractivity contribution >= 4 is 0 Å². The second-order valence-corrected chi connectivity index (χ2v) is 5.25. The van der Waals surface area contributed by atoms with Crippen LogP contribution < -0.4 is 10.1 Å². The topological polar surface area (TPSA) is 60.2 Å². The van der Waals surface area contributed by atoms with Crippen molar-refractivity contribution in [2.24, 2.45) is 0 Å². The van der Waals surface area contributed by atoms with E-state index in [4.69, 9.17) is 9.37 Å². The van der Waals surface area contributed by atoms with Crippen molar-refractivity contribution < 1.29 is 9.37 Å². The van der Waals surface area contributed by atoms with Gasteiger partial charge in [-0.25, -0.2) is 4.63 Å². The van der Waals surface area contributed by atoms with E-state index >= 15 is 0 Å². The molecule has 1 aromatic heterocycles. The third-order valence-electron chi connectivity index (χ3n) is 3.95. The zero-order valence-electron chi connectivity index (χ0n) is 11.8. The van der Waals surface area contributed by atoms with Crippen molar-refractivity contribution in [1.82, 2.24) is 15.6 Å². The number of methoxy groups -OCH3 is 1. The van der Waals surface area contributed by atoms with E-state index in [-0.39, 0.29) is 0 Å². The molecule has 1 aliphatic rings. The summed E-state index contributed by atoms with van der Waals surface area (Å²) in [5, 5.41) is 11.2. The highest BCUT2D eigenvalue weighted by Gasteiger charge is 2.19. The first kappa shape index (κ1) is 13.1. The number of nitrogens with zero attached hydrogens (tertiary/aromatic N) is 2. The Morgan fingerprint density at radius 2 is 2.25 bits per heavy atom. The van der Waals surface area contributed by atoms with E-state index in [0.29, 0.717) is 12.6 Å². The first-order valence-corrected chi connectivity index (χ1v) is 6.93. The molecule has 20 heavy (non-hydrogen) atoms. The van der Waals surface area contributed by atoms with Gasteiger partial charge < -0.3 is 10.1 Å². The number of nitrogens with one attached hydrogen (secondary N) is 1. The number of fused-ring (bicyclic) bond motifs is 1. The maximum absolute atomic E-state index is 5.28. The predicted octanol–water partition coefficient (Wildman–Crippen LogP) is 2.03. The summed E-state index contributed by atoms with van der Waals surface area (Å²) < 4.78 is 9.99. The van der Waals surface area contributed by atoms with Crippen LogP contribution in [0.25, 0.3) is 0 Å². The van der Waals surface area contributed by atoms with E-state index in [2.05, 4.69) is 27.8 Å². The second-order valence-electron chi connectivity index (χ2n) is 5.25. The summed E-state index contributed by atoms with van der Waals surface area (Å²) in [4.78, 5) is 0. The molecule has 106 valence electrons. The SMILES string of the molecule is COc1ccc2c(c1)CC[C@@H](NCc1nonc1C)C2. The number of rotatable bonds is 4. The van der Waals surface area contributed by atoms with Gasteiger partial charge in [-0.05, 0) is 49.4 Å². The summed E-state index contributed by atoms with van der Waals surface area (Å²) in [5.74, 6) is 0.944. The first-order chi connectivity index (χ1) is 9.76. The Labute approximate surface area is 118 Å². The third kappa shape index (κ3) is 2.67. The first-order valence-electron chi connectivity index (χ1n) is 6.93. The molecule has 1 aliphatic carbocycles. The largest absolute Gasteiger partial charge is 0.497 e. The molecule has 0 saturated carbocycles. The van der Waals surface area contributed by atoms with E-state index < -0.39 is 0 Å². The molecule has 2 aromatic rings. The summed E-state index contributed by atoms with van der Waals surface area (Å²) in [7, 11) is 1.71. The summed E-state index contributed by atoms with van der Waals surface area (Å²) in [6, 6.07) is 6.83. The average Bonchev–Trinajstić information content (AvgIpc) is 2.89. The molecule has 3 rings (SSSR count). The van der Waals surface area contributed by atoms with Crippen LogP contribution in [0.5, 0.6) is 5.75 Å². The standard InChI is InChI=1S/C15H19N3O2/c1-10-15(18-20-17-10)9-16-13-5-3-12-8-14(19-2)6-4-11(12)7-13/h4,6,8,13,16H,3,5,7,9H2,1-2H3/t13-/m1/s1.